The minimum atomic E-state index is -0.397. The van der Waals surface area contributed by atoms with Crippen LogP contribution in [0.4, 0.5) is 0 Å². The van der Waals surface area contributed by atoms with Gasteiger partial charge in [0.1, 0.15) is 0 Å². The zero-order chi connectivity index (χ0) is 14.7. The fraction of sp³-hybridized carbons (Fsp3) is 0.333. The molecular weight excluding hydrogens is 304 g/mol. The summed E-state index contributed by atoms with van der Waals surface area (Å²) in [6, 6.07) is 9.14. The van der Waals surface area contributed by atoms with Crippen LogP contribution in [0, 0.1) is 5.92 Å². The number of benzene rings is 1. The Labute approximate surface area is 134 Å². The number of hydrogen-bond acceptors (Lipinski definition) is 4. The van der Waals surface area contributed by atoms with E-state index in [1.54, 1.807) is 23.1 Å². The first-order valence-corrected chi connectivity index (χ1v) is 7.02. The minimum Gasteiger partial charge on any atom is -0.391 e. The van der Waals surface area contributed by atoms with Crippen LogP contribution in [0.25, 0.3) is 5.69 Å². The van der Waals surface area contributed by atoms with Crippen molar-refractivity contribution in [2.75, 3.05) is 19.6 Å². The van der Waals surface area contributed by atoms with Crippen molar-refractivity contribution in [3.8, 4) is 5.69 Å². The smallest absolute Gasteiger partial charge is 0.253 e. The number of aromatic nitrogens is 2. The molecule has 2 heterocycles. The van der Waals surface area contributed by atoms with Crippen LogP contribution in [0.5, 0.6) is 0 Å². The lowest BCUT2D eigenvalue weighted by molar-refractivity contribution is 0.0927. The van der Waals surface area contributed by atoms with Gasteiger partial charge < -0.3 is 15.7 Å². The summed E-state index contributed by atoms with van der Waals surface area (Å²) >= 11 is 0. The number of nitrogens with zero attached hydrogens (tertiary/aromatic N) is 2. The highest BCUT2D eigenvalue weighted by Gasteiger charge is 2.25. The van der Waals surface area contributed by atoms with Gasteiger partial charge in [0, 0.05) is 37.9 Å². The van der Waals surface area contributed by atoms with Gasteiger partial charge in [-0.25, -0.2) is 4.68 Å². The summed E-state index contributed by atoms with van der Waals surface area (Å²) in [5.41, 5.74) is 1.31. The minimum absolute atomic E-state index is 0. The van der Waals surface area contributed by atoms with Gasteiger partial charge >= 0.3 is 0 Å². The summed E-state index contributed by atoms with van der Waals surface area (Å²) in [5.74, 6) is -0.0917. The Balaban J connectivity index is 0.00000176. The van der Waals surface area contributed by atoms with Gasteiger partial charge in [-0.05, 0) is 18.2 Å². The number of halogens is 1. The van der Waals surface area contributed by atoms with Crippen LogP contribution < -0.4 is 10.6 Å². The van der Waals surface area contributed by atoms with Crippen molar-refractivity contribution in [3.05, 3.63) is 48.3 Å². The first-order chi connectivity index (χ1) is 10.3. The highest BCUT2D eigenvalue weighted by atomic mass is 35.5. The molecule has 1 aliphatic rings. The molecule has 1 aromatic carbocycles. The fourth-order valence-electron chi connectivity index (χ4n) is 2.52. The summed E-state index contributed by atoms with van der Waals surface area (Å²) in [5, 5.41) is 19.9. The molecule has 2 atom stereocenters. The van der Waals surface area contributed by atoms with Crippen LogP contribution >= 0.6 is 12.4 Å². The molecule has 1 aliphatic heterocycles. The van der Waals surface area contributed by atoms with Crippen LogP contribution in [0.3, 0.4) is 0 Å². The SMILES string of the molecule is Cl.O=C(NCC1CNCC1O)c1ccccc1-n1cccn1. The Morgan fingerprint density at radius 3 is 2.86 bits per heavy atom. The normalized spacial score (nSPS) is 20.4. The number of β-amino-alcohol motifs (C(OH)–C–C–N with tert-alkyl or cyclic N) is 1. The second-order valence-corrected chi connectivity index (χ2v) is 5.16. The van der Waals surface area contributed by atoms with Crippen LogP contribution in [0.2, 0.25) is 0 Å². The molecule has 0 aliphatic carbocycles. The van der Waals surface area contributed by atoms with Crippen LogP contribution in [-0.4, -0.2) is 46.5 Å². The Morgan fingerprint density at radius 1 is 1.36 bits per heavy atom. The second kappa shape index (κ2) is 7.40. The van der Waals surface area contributed by atoms with E-state index in [2.05, 4.69) is 15.7 Å². The van der Waals surface area contributed by atoms with E-state index in [-0.39, 0.29) is 24.2 Å². The van der Waals surface area contributed by atoms with Gasteiger partial charge in [0.15, 0.2) is 0 Å². The molecular formula is C15H19ClN4O2. The quantitative estimate of drug-likeness (QED) is 0.770. The molecule has 0 radical (unpaired) electrons. The maximum atomic E-state index is 12.4. The lowest BCUT2D eigenvalue weighted by Gasteiger charge is -2.15. The summed E-state index contributed by atoms with van der Waals surface area (Å²) in [6.07, 6.45) is 3.08. The average Bonchev–Trinajstić information content (AvgIpc) is 3.16. The van der Waals surface area contributed by atoms with Crippen molar-refractivity contribution in [1.29, 1.82) is 0 Å². The molecule has 6 nitrogen and oxygen atoms in total. The van der Waals surface area contributed by atoms with E-state index in [1.165, 1.54) is 0 Å². The molecule has 7 heteroatoms. The van der Waals surface area contributed by atoms with Gasteiger partial charge in [-0.2, -0.15) is 5.10 Å². The van der Waals surface area contributed by atoms with E-state index in [9.17, 15) is 9.90 Å². The monoisotopic (exact) mass is 322 g/mol. The Bertz CT molecular complexity index is 618. The van der Waals surface area contributed by atoms with E-state index < -0.39 is 6.10 Å². The van der Waals surface area contributed by atoms with Crippen molar-refractivity contribution >= 4 is 18.3 Å². The van der Waals surface area contributed by atoms with Gasteiger partial charge in [0.25, 0.3) is 5.91 Å². The fourth-order valence-corrected chi connectivity index (χ4v) is 2.52. The number of carbonyl (C=O) groups is 1. The largest absolute Gasteiger partial charge is 0.391 e. The number of aliphatic hydroxyl groups is 1. The summed E-state index contributed by atoms with van der Waals surface area (Å²) in [6.45, 7) is 1.77. The molecule has 3 rings (SSSR count). The van der Waals surface area contributed by atoms with Crippen molar-refractivity contribution in [2.24, 2.45) is 5.92 Å². The standard InChI is InChI=1S/C15H18N4O2.ClH/c20-14-10-16-8-11(14)9-17-15(21)12-4-1-2-5-13(12)19-7-3-6-18-19;/h1-7,11,14,16,20H,8-10H2,(H,17,21);1H. The number of hydrogen-bond donors (Lipinski definition) is 3. The van der Waals surface area contributed by atoms with E-state index >= 15 is 0 Å². The van der Waals surface area contributed by atoms with Crippen LogP contribution in [0.1, 0.15) is 10.4 Å². The highest BCUT2D eigenvalue weighted by molar-refractivity contribution is 5.97. The van der Waals surface area contributed by atoms with Crippen LogP contribution in [0.15, 0.2) is 42.7 Å². The molecule has 118 valence electrons. The maximum Gasteiger partial charge on any atom is 0.253 e. The molecule has 3 N–H and O–H groups in total. The molecule has 0 bridgehead atoms. The molecule has 1 amide bonds. The van der Waals surface area contributed by atoms with Crippen molar-refractivity contribution in [2.45, 2.75) is 6.10 Å². The number of carbonyl (C=O) groups excluding carboxylic acids is 1. The lowest BCUT2D eigenvalue weighted by atomic mass is 10.1. The van der Waals surface area contributed by atoms with Crippen molar-refractivity contribution < 1.29 is 9.90 Å². The third-order valence-corrected chi connectivity index (χ3v) is 3.73. The zero-order valence-electron chi connectivity index (χ0n) is 12.0. The molecule has 0 spiro atoms. The molecule has 2 aromatic rings. The van der Waals surface area contributed by atoms with Gasteiger partial charge in [0.2, 0.25) is 0 Å². The predicted octanol–water partition coefficient (Wildman–Crippen LogP) is 0.604. The predicted molar refractivity (Wildman–Crippen MR) is 85.5 cm³/mol. The van der Waals surface area contributed by atoms with Gasteiger partial charge in [0.05, 0.1) is 17.4 Å². The van der Waals surface area contributed by atoms with Gasteiger partial charge in [-0.3, -0.25) is 4.79 Å². The average molecular weight is 323 g/mol. The van der Waals surface area contributed by atoms with Crippen molar-refractivity contribution in [3.63, 3.8) is 0 Å². The summed E-state index contributed by atoms with van der Waals surface area (Å²) < 4.78 is 1.67. The maximum absolute atomic E-state index is 12.4. The number of rotatable bonds is 4. The molecule has 1 saturated heterocycles. The summed E-state index contributed by atoms with van der Waals surface area (Å²) in [4.78, 5) is 12.4. The van der Waals surface area contributed by atoms with E-state index in [4.69, 9.17) is 0 Å². The van der Waals surface area contributed by atoms with Gasteiger partial charge in [-0.15, -0.1) is 12.4 Å². The Morgan fingerprint density at radius 2 is 2.18 bits per heavy atom. The van der Waals surface area contributed by atoms with Crippen molar-refractivity contribution in [1.82, 2.24) is 20.4 Å². The number of para-hydroxylation sites is 1. The second-order valence-electron chi connectivity index (χ2n) is 5.16. The number of aliphatic hydroxyl groups excluding tert-OH is 1. The molecule has 1 fully saturated rings. The van der Waals surface area contributed by atoms with E-state index in [0.717, 1.165) is 12.2 Å². The lowest BCUT2D eigenvalue weighted by Crippen LogP contribution is -2.34. The zero-order valence-corrected chi connectivity index (χ0v) is 12.8. The first kappa shape index (κ1) is 16.5. The molecule has 1 aromatic heterocycles. The van der Waals surface area contributed by atoms with E-state index in [0.29, 0.717) is 18.7 Å². The topological polar surface area (TPSA) is 79.2 Å². The highest BCUT2D eigenvalue weighted by Crippen LogP contribution is 2.14. The third-order valence-electron chi connectivity index (χ3n) is 3.73. The Hall–Kier alpha value is -1.89. The number of amides is 1. The molecule has 22 heavy (non-hydrogen) atoms. The number of nitrogens with one attached hydrogen (secondary N) is 2. The molecule has 2 unspecified atom stereocenters. The first-order valence-electron chi connectivity index (χ1n) is 7.02. The molecule has 0 saturated carbocycles. The van der Waals surface area contributed by atoms with Crippen LogP contribution in [-0.2, 0) is 0 Å². The Kier molecular flexibility index (Phi) is 5.54. The van der Waals surface area contributed by atoms with E-state index in [1.807, 2.05) is 24.3 Å². The third kappa shape index (κ3) is 3.47. The summed E-state index contributed by atoms with van der Waals surface area (Å²) in [7, 11) is 0. The van der Waals surface area contributed by atoms with Gasteiger partial charge in [-0.1, -0.05) is 12.1 Å².